The summed E-state index contributed by atoms with van der Waals surface area (Å²) in [6, 6.07) is 14.3. The summed E-state index contributed by atoms with van der Waals surface area (Å²) in [4.78, 5) is 16.0. The van der Waals surface area contributed by atoms with Crippen LogP contribution in [-0.4, -0.2) is 27.3 Å². The molecular formula is C20H15N3O3S2. The van der Waals surface area contributed by atoms with Crippen molar-refractivity contribution in [1.29, 1.82) is 0 Å². The van der Waals surface area contributed by atoms with Gasteiger partial charge in [0, 0.05) is 10.4 Å². The average molecular weight is 409 g/mol. The lowest BCUT2D eigenvalue weighted by molar-refractivity contribution is -0.122. The normalized spacial score (nSPS) is 17.4. The van der Waals surface area contributed by atoms with Gasteiger partial charge in [-0.1, -0.05) is 18.2 Å². The number of nitrogens with zero attached hydrogens (tertiary/aromatic N) is 3. The van der Waals surface area contributed by atoms with Gasteiger partial charge in [0.2, 0.25) is 0 Å². The molecule has 3 aromatic rings. The first-order valence-electron chi connectivity index (χ1n) is 8.37. The Morgan fingerprint density at radius 1 is 1.14 bits per heavy atom. The van der Waals surface area contributed by atoms with Crippen molar-refractivity contribution in [3.63, 3.8) is 0 Å². The zero-order valence-electron chi connectivity index (χ0n) is 14.6. The van der Waals surface area contributed by atoms with Crippen LogP contribution in [0.3, 0.4) is 0 Å². The van der Waals surface area contributed by atoms with Gasteiger partial charge in [-0.05, 0) is 53.5 Å². The zero-order chi connectivity index (χ0) is 19.3. The van der Waals surface area contributed by atoms with E-state index in [9.17, 15) is 9.90 Å². The van der Waals surface area contributed by atoms with Crippen LogP contribution in [-0.2, 0) is 11.3 Å². The third-order valence-electron chi connectivity index (χ3n) is 3.88. The van der Waals surface area contributed by atoms with Gasteiger partial charge >= 0.3 is 0 Å². The number of thioether (sulfide) groups is 1. The Labute approximate surface area is 169 Å². The molecule has 2 aromatic heterocycles. The minimum Gasteiger partial charge on any atom is -0.507 e. The number of hydrogen-bond donors (Lipinski definition) is 1. The summed E-state index contributed by atoms with van der Waals surface area (Å²) in [6.45, 7) is 0.269. The molecule has 0 radical (unpaired) electrons. The number of para-hydroxylation sites is 1. The van der Waals surface area contributed by atoms with Crippen LogP contribution in [0.15, 0.2) is 79.7 Å². The van der Waals surface area contributed by atoms with Crippen LogP contribution in [0.25, 0.3) is 6.08 Å². The highest BCUT2D eigenvalue weighted by Gasteiger charge is 2.34. The predicted molar refractivity (Wildman–Crippen MR) is 112 cm³/mol. The molecule has 0 aliphatic carbocycles. The summed E-state index contributed by atoms with van der Waals surface area (Å²) in [5.41, 5.74) is 0.549. The number of amidine groups is 1. The van der Waals surface area contributed by atoms with E-state index in [1.165, 1.54) is 22.9 Å². The van der Waals surface area contributed by atoms with Crippen molar-refractivity contribution < 1.29 is 14.3 Å². The molecule has 1 N–H and O–H groups in total. The van der Waals surface area contributed by atoms with Crippen LogP contribution in [0.5, 0.6) is 5.75 Å². The van der Waals surface area contributed by atoms with Crippen molar-refractivity contribution in [3.8, 4) is 5.75 Å². The summed E-state index contributed by atoms with van der Waals surface area (Å²) in [7, 11) is 0. The van der Waals surface area contributed by atoms with Gasteiger partial charge in [-0.3, -0.25) is 9.69 Å². The van der Waals surface area contributed by atoms with Crippen LogP contribution in [0.2, 0.25) is 0 Å². The van der Waals surface area contributed by atoms with Crippen LogP contribution in [0.1, 0.15) is 16.2 Å². The Morgan fingerprint density at radius 2 is 2.04 bits per heavy atom. The summed E-state index contributed by atoms with van der Waals surface area (Å²) in [6.07, 6.45) is 4.88. The number of thiophene rings is 1. The number of carbonyl (C=O) groups excluding carboxylic acids is 1. The molecule has 140 valence electrons. The molecule has 1 aliphatic rings. The van der Waals surface area contributed by atoms with Gasteiger partial charge in [-0.15, -0.1) is 16.4 Å². The van der Waals surface area contributed by atoms with Gasteiger partial charge in [0.1, 0.15) is 11.5 Å². The minimum absolute atomic E-state index is 0.118. The molecule has 0 spiro atoms. The maximum atomic E-state index is 12.9. The monoisotopic (exact) mass is 409 g/mol. The van der Waals surface area contributed by atoms with Gasteiger partial charge in [-0.25, -0.2) is 0 Å². The highest BCUT2D eigenvalue weighted by atomic mass is 32.2. The SMILES string of the molecule is O=C1/C(=C/c2cccs2)S/C(=N/N=C\c2ccccc2O)N1Cc1ccco1. The fourth-order valence-electron chi connectivity index (χ4n) is 2.52. The molecule has 1 aromatic carbocycles. The molecule has 4 rings (SSSR count). The summed E-state index contributed by atoms with van der Waals surface area (Å²) in [5.74, 6) is 0.627. The number of benzene rings is 1. The summed E-state index contributed by atoms with van der Waals surface area (Å²) < 4.78 is 5.38. The van der Waals surface area contributed by atoms with E-state index in [4.69, 9.17) is 4.42 Å². The number of aromatic hydroxyl groups is 1. The van der Waals surface area contributed by atoms with Gasteiger partial charge in [-0.2, -0.15) is 5.10 Å². The van der Waals surface area contributed by atoms with Crippen molar-refractivity contribution in [1.82, 2.24) is 4.90 Å². The number of phenols is 1. The van der Waals surface area contributed by atoms with Crippen molar-refractivity contribution >= 4 is 46.5 Å². The number of carbonyl (C=O) groups is 1. The largest absolute Gasteiger partial charge is 0.507 e. The number of hydrogen-bond acceptors (Lipinski definition) is 7. The summed E-state index contributed by atoms with van der Waals surface area (Å²) >= 11 is 2.82. The molecule has 1 fully saturated rings. The maximum absolute atomic E-state index is 12.9. The molecule has 0 unspecified atom stereocenters. The van der Waals surface area contributed by atoms with Gasteiger partial charge in [0.05, 0.1) is 23.9 Å². The van der Waals surface area contributed by atoms with E-state index in [1.54, 1.807) is 47.9 Å². The zero-order valence-corrected chi connectivity index (χ0v) is 16.2. The average Bonchev–Trinajstić information content (AvgIpc) is 3.44. The van der Waals surface area contributed by atoms with Crippen LogP contribution < -0.4 is 0 Å². The van der Waals surface area contributed by atoms with E-state index in [0.29, 0.717) is 21.4 Å². The van der Waals surface area contributed by atoms with Gasteiger partial charge in [0.15, 0.2) is 5.17 Å². The molecular weight excluding hydrogens is 394 g/mol. The molecule has 1 saturated heterocycles. The first-order valence-corrected chi connectivity index (χ1v) is 10.1. The molecule has 0 bridgehead atoms. The number of furan rings is 1. The van der Waals surface area contributed by atoms with E-state index >= 15 is 0 Å². The number of rotatable bonds is 5. The molecule has 8 heteroatoms. The van der Waals surface area contributed by atoms with Crippen molar-refractivity contribution in [2.24, 2.45) is 10.2 Å². The second-order valence-corrected chi connectivity index (χ2v) is 7.77. The van der Waals surface area contributed by atoms with Gasteiger partial charge < -0.3 is 9.52 Å². The lowest BCUT2D eigenvalue weighted by atomic mass is 10.2. The minimum atomic E-state index is -0.147. The maximum Gasteiger partial charge on any atom is 0.267 e. The Bertz CT molecular complexity index is 1050. The molecule has 1 aliphatic heterocycles. The van der Waals surface area contributed by atoms with E-state index in [0.717, 1.165) is 4.88 Å². The fraction of sp³-hybridized carbons (Fsp3) is 0.0500. The van der Waals surface area contributed by atoms with Crippen LogP contribution in [0, 0.1) is 0 Å². The highest BCUT2D eigenvalue weighted by molar-refractivity contribution is 8.18. The molecule has 1 amide bonds. The molecule has 3 heterocycles. The Kier molecular flexibility index (Phi) is 5.41. The van der Waals surface area contributed by atoms with E-state index in [1.807, 2.05) is 29.7 Å². The van der Waals surface area contributed by atoms with E-state index < -0.39 is 0 Å². The molecule has 0 atom stereocenters. The first-order chi connectivity index (χ1) is 13.7. The third-order valence-corrected chi connectivity index (χ3v) is 5.69. The molecule has 0 saturated carbocycles. The van der Waals surface area contributed by atoms with Crippen molar-refractivity contribution in [2.75, 3.05) is 0 Å². The Balaban J connectivity index is 1.62. The lowest BCUT2D eigenvalue weighted by Gasteiger charge is -2.12. The van der Waals surface area contributed by atoms with Gasteiger partial charge in [0.25, 0.3) is 5.91 Å². The van der Waals surface area contributed by atoms with Crippen LogP contribution in [0.4, 0.5) is 0 Å². The van der Waals surface area contributed by atoms with Crippen LogP contribution >= 0.6 is 23.1 Å². The second-order valence-electron chi connectivity index (χ2n) is 5.78. The van der Waals surface area contributed by atoms with E-state index in [-0.39, 0.29) is 18.2 Å². The standard InChI is InChI=1S/C20H15N3O3S2/c24-17-8-2-1-5-14(17)12-21-22-20-23(13-15-6-3-9-26-15)19(25)18(28-20)11-16-7-4-10-27-16/h1-12,24H,13H2/b18-11-,21-12-,22-20+. The first kappa shape index (κ1) is 18.3. The topological polar surface area (TPSA) is 78.4 Å². The Morgan fingerprint density at radius 3 is 2.79 bits per heavy atom. The number of amides is 1. The summed E-state index contributed by atoms with van der Waals surface area (Å²) in [5, 5.41) is 20.5. The smallest absolute Gasteiger partial charge is 0.267 e. The third kappa shape index (κ3) is 4.08. The number of phenolic OH excluding ortho intramolecular Hbond substituents is 1. The Hall–Kier alpha value is -3.10. The fourth-order valence-corrected chi connectivity index (χ4v) is 4.18. The van der Waals surface area contributed by atoms with E-state index in [2.05, 4.69) is 10.2 Å². The lowest BCUT2D eigenvalue weighted by Crippen LogP contribution is -2.28. The van der Waals surface area contributed by atoms with Crippen molar-refractivity contribution in [2.45, 2.75) is 6.54 Å². The molecule has 28 heavy (non-hydrogen) atoms. The predicted octanol–water partition coefficient (Wildman–Crippen LogP) is 4.55. The second kappa shape index (κ2) is 8.28. The highest BCUT2D eigenvalue weighted by Crippen LogP contribution is 2.34. The quantitative estimate of drug-likeness (QED) is 0.381. The van der Waals surface area contributed by atoms with Crippen molar-refractivity contribution in [3.05, 3.63) is 81.3 Å². The molecule has 6 nitrogen and oxygen atoms in total.